The van der Waals surface area contributed by atoms with Crippen molar-refractivity contribution < 1.29 is 0 Å². The quantitative estimate of drug-likeness (QED) is 0.846. The molecule has 0 bridgehead atoms. The van der Waals surface area contributed by atoms with Gasteiger partial charge in [0, 0.05) is 5.92 Å². The van der Waals surface area contributed by atoms with Gasteiger partial charge >= 0.3 is 0 Å². The molecule has 0 aliphatic rings. The van der Waals surface area contributed by atoms with Gasteiger partial charge in [0.25, 0.3) is 0 Å². The molecule has 4 nitrogen and oxygen atoms in total. The van der Waals surface area contributed by atoms with Crippen molar-refractivity contribution in [3.05, 3.63) is 46.3 Å². The lowest BCUT2D eigenvalue weighted by atomic mass is 9.98. The first-order valence-corrected chi connectivity index (χ1v) is 6.10. The molecule has 1 unspecified atom stereocenters. The van der Waals surface area contributed by atoms with Gasteiger partial charge < -0.3 is 5.73 Å². The Bertz CT molecular complexity index is 563. The van der Waals surface area contributed by atoms with Gasteiger partial charge in [-0.15, -0.1) is 0 Å². The van der Waals surface area contributed by atoms with E-state index in [0.29, 0.717) is 28.2 Å². The van der Waals surface area contributed by atoms with E-state index in [1.807, 2.05) is 32.9 Å². The first-order valence-electron chi connectivity index (χ1n) is 5.72. The summed E-state index contributed by atoms with van der Waals surface area (Å²) in [7, 11) is 0. The smallest absolute Gasteiger partial charge is 0.139 e. The van der Waals surface area contributed by atoms with Crippen LogP contribution in [0.1, 0.15) is 35.9 Å². The summed E-state index contributed by atoms with van der Waals surface area (Å²) in [6.45, 7) is 5.72. The number of aromatic nitrogens is 3. The average Bonchev–Trinajstić information content (AvgIpc) is 2.30. The van der Waals surface area contributed by atoms with Gasteiger partial charge in [-0.25, -0.2) is 15.0 Å². The minimum Gasteiger partial charge on any atom is -0.397 e. The maximum Gasteiger partial charge on any atom is 0.139 e. The van der Waals surface area contributed by atoms with Gasteiger partial charge in [-0.2, -0.15) is 0 Å². The Morgan fingerprint density at radius 1 is 1.11 bits per heavy atom. The van der Waals surface area contributed by atoms with Crippen LogP contribution < -0.4 is 5.73 Å². The molecule has 0 radical (unpaired) electrons. The zero-order valence-electron chi connectivity index (χ0n) is 10.6. The molecule has 0 aliphatic heterocycles. The van der Waals surface area contributed by atoms with Crippen molar-refractivity contribution in [3.63, 3.8) is 0 Å². The Balaban J connectivity index is 2.47. The minimum absolute atomic E-state index is 0.0101. The average molecular weight is 263 g/mol. The highest BCUT2D eigenvalue weighted by atomic mass is 35.5. The fourth-order valence-corrected chi connectivity index (χ4v) is 2.09. The molecule has 0 saturated heterocycles. The van der Waals surface area contributed by atoms with Crippen molar-refractivity contribution >= 4 is 17.3 Å². The van der Waals surface area contributed by atoms with Gasteiger partial charge in [-0.3, -0.25) is 0 Å². The fourth-order valence-electron chi connectivity index (χ4n) is 1.90. The van der Waals surface area contributed by atoms with E-state index in [1.165, 1.54) is 0 Å². The number of rotatable bonds is 2. The van der Waals surface area contributed by atoms with Gasteiger partial charge in [-0.1, -0.05) is 30.7 Å². The molecule has 0 saturated carbocycles. The third kappa shape index (κ3) is 2.43. The van der Waals surface area contributed by atoms with Crippen LogP contribution in [0.2, 0.25) is 5.02 Å². The first kappa shape index (κ1) is 12.8. The number of para-hydroxylation sites is 1. The minimum atomic E-state index is -0.0101. The van der Waals surface area contributed by atoms with Crippen molar-refractivity contribution in [1.29, 1.82) is 0 Å². The van der Waals surface area contributed by atoms with Crippen molar-refractivity contribution in [1.82, 2.24) is 15.0 Å². The van der Waals surface area contributed by atoms with Crippen LogP contribution in [-0.2, 0) is 0 Å². The number of aryl methyl sites for hydroxylation is 2. The van der Waals surface area contributed by atoms with E-state index in [1.54, 1.807) is 6.07 Å². The summed E-state index contributed by atoms with van der Waals surface area (Å²) in [5.74, 6) is 2.13. The van der Waals surface area contributed by atoms with Crippen LogP contribution in [-0.4, -0.2) is 15.0 Å². The van der Waals surface area contributed by atoms with Crippen LogP contribution in [0.5, 0.6) is 0 Å². The molecule has 5 heteroatoms. The topological polar surface area (TPSA) is 64.7 Å². The van der Waals surface area contributed by atoms with E-state index in [9.17, 15) is 0 Å². The third-order valence-corrected chi connectivity index (χ3v) is 3.15. The highest BCUT2D eigenvalue weighted by molar-refractivity contribution is 6.33. The molecule has 94 valence electrons. The van der Waals surface area contributed by atoms with Crippen LogP contribution in [0.3, 0.4) is 0 Å². The number of benzene rings is 1. The van der Waals surface area contributed by atoms with E-state index >= 15 is 0 Å². The number of nitrogens with two attached hydrogens (primary N) is 1. The molecule has 18 heavy (non-hydrogen) atoms. The monoisotopic (exact) mass is 262 g/mol. The maximum absolute atomic E-state index is 6.03. The summed E-state index contributed by atoms with van der Waals surface area (Å²) in [4.78, 5) is 12.9. The molecule has 2 aromatic rings. The summed E-state index contributed by atoms with van der Waals surface area (Å²) in [5, 5.41) is 0.557. The summed E-state index contributed by atoms with van der Waals surface area (Å²) in [6.07, 6.45) is 0. The van der Waals surface area contributed by atoms with Gasteiger partial charge in [-0.05, 0) is 25.5 Å². The molecule has 1 atom stereocenters. The van der Waals surface area contributed by atoms with Crippen molar-refractivity contribution in [2.45, 2.75) is 26.7 Å². The molecular formula is C13H15ClN4. The molecule has 0 spiro atoms. The number of halogens is 1. The lowest BCUT2D eigenvalue weighted by Gasteiger charge is -2.14. The molecule has 2 N–H and O–H groups in total. The van der Waals surface area contributed by atoms with Gasteiger partial charge in [0.2, 0.25) is 0 Å². The third-order valence-electron chi connectivity index (χ3n) is 2.82. The van der Waals surface area contributed by atoms with Crippen molar-refractivity contribution in [3.8, 4) is 0 Å². The van der Waals surface area contributed by atoms with Crippen LogP contribution in [0, 0.1) is 13.8 Å². The Morgan fingerprint density at radius 2 is 1.72 bits per heavy atom. The number of nitrogen functional groups attached to an aromatic ring is 1. The Hall–Kier alpha value is -1.68. The normalized spacial score (nSPS) is 12.4. The highest BCUT2D eigenvalue weighted by Crippen LogP contribution is 2.31. The second kappa shape index (κ2) is 4.90. The molecule has 0 aliphatic carbocycles. The molecule has 0 amide bonds. The van der Waals surface area contributed by atoms with Crippen LogP contribution in [0.4, 0.5) is 5.69 Å². The van der Waals surface area contributed by atoms with Crippen LogP contribution in [0.25, 0.3) is 0 Å². The SMILES string of the molecule is Cc1nc(C)nc(C(C)c2cccc(Cl)c2N)n1. The predicted octanol–water partition coefficient (Wildman–Crippen LogP) is 2.88. The van der Waals surface area contributed by atoms with Gasteiger partial charge in [0.05, 0.1) is 10.7 Å². The number of hydrogen-bond acceptors (Lipinski definition) is 4. The molecule has 2 rings (SSSR count). The zero-order chi connectivity index (χ0) is 13.3. The molecule has 1 aromatic heterocycles. The Labute approximate surface area is 111 Å². The van der Waals surface area contributed by atoms with E-state index in [4.69, 9.17) is 17.3 Å². The van der Waals surface area contributed by atoms with Crippen molar-refractivity contribution in [2.24, 2.45) is 0 Å². The van der Waals surface area contributed by atoms with Gasteiger partial charge in [0.1, 0.15) is 17.5 Å². The second-order valence-corrected chi connectivity index (χ2v) is 4.66. The van der Waals surface area contributed by atoms with Crippen molar-refractivity contribution in [2.75, 3.05) is 5.73 Å². The predicted molar refractivity (Wildman–Crippen MR) is 72.7 cm³/mol. The number of nitrogens with zero attached hydrogens (tertiary/aromatic N) is 3. The zero-order valence-corrected chi connectivity index (χ0v) is 11.4. The Morgan fingerprint density at radius 3 is 2.33 bits per heavy atom. The maximum atomic E-state index is 6.03. The van der Waals surface area contributed by atoms with Crippen LogP contribution in [0.15, 0.2) is 18.2 Å². The fraction of sp³-hybridized carbons (Fsp3) is 0.308. The van der Waals surface area contributed by atoms with E-state index < -0.39 is 0 Å². The van der Waals surface area contributed by atoms with E-state index in [-0.39, 0.29) is 5.92 Å². The Kier molecular flexibility index (Phi) is 3.48. The number of anilines is 1. The standard InChI is InChI=1S/C13H15ClN4/c1-7(10-5-4-6-11(14)12(10)15)13-17-8(2)16-9(3)18-13/h4-7H,15H2,1-3H3. The number of hydrogen-bond donors (Lipinski definition) is 1. The molecule has 1 heterocycles. The lowest BCUT2D eigenvalue weighted by molar-refractivity contribution is 0.763. The second-order valence-electron chi connectivity index (χ2n) is 4.25. The summed E-state index contributed by atoms with van der Waals surface area (Å²) < 4.78 is 0. The van der Waals surface area contributed by atoms with Gasteiger partial charge in [0.15, 0.2) is 0 Å². The summed E-state index contributed by atoms with van der Waals surface area (Å²) in [6, 6.07) is 5.60. The first-order chi connectivity index (χ1) is 8.49. The van der Waals surface area contributed by atoms with E-state index in [0.717, 1.165) is 5.56 Å². The molecular weight excluding hydrogens is 248 g/mol. The lowest BCUT2D eigenvalue weighted by Crippen LogP contribution is -2.09. The largest absolute Gasteiger partial charge is 0.397 e. The summed E-state index contributed by atoms with van der Waals surface area (Å²) >= 11 is 6.03. The van der Waals surface area contributed by atoms with Crippen LogP contribution >= 0.6 is 11.6 Å². The highest BCUT2D eigenvalue weighted by Gasteiger charge is 2.16. The van der Waals surface area contributed by atoms with E-state index in [2.05, 4.69) is 15.0 Å². The summed E-state index contributed by atoms with van der Waals surface area (Å²) in [5.41, 5.74) is 7.52. The molecule has 1 aromatic carbocycles. The molecule has 0 fully saturated rings.